The van der Waals surface area contributed by atoms with Crippen molar-refractivity contribution in [1.29, 1.82) is 0 Å². The molecule has 106 valence electrons. The second kappa shape index (κ2) is 6.42. The van der Waals surface area contributed by atoms with E-state index in [2.05, 4.69) is 44.3 Å². The van der Waals surface area contributed by atoms with Crippen molar-refractivity contribution in [2.45, 2.75) is 45.4 Å². The lowest BCUT2D eigenvalue weighted by Crippen LogP contribution is -2.30. The third-order valence-electron chi connectivity index (χ3n) is 4.49. The van der Waals surface area contributed by atoms with Gasteiger partial charge in [-0.25, -0.2) is 0 Å². The molecule has 0 amide bonds. The Morgan fingerprint density at radius 1 is 1.16 bits per heavy atom. The number of hydrogen-bond donors (Lipinski definition) is 1. The summed E-state index contributed by atoms with van der Waals surface area (Å²) in [5.41, 5.74) is 2.80. The summed E-state index contributed by atoms with van der Waals surface area (Å²) in [4.78, 5) is 0. The van der Waals surface area contributed by atoms with E-state index in [9.17, 15) is 0 Å². The molecule has 1 heterocycles. The van der Waals surface area contributed by atoms with Crippen molar-refractivity contribution in [3.8, 4) is 5.75 Å². The molecule has 0 saturated carbocycles. The monoisotopic (exact) mass is 261 g/mol. The zero-order valence-electron chi connectivity index (χ0n) is 12.7. The number of benzene rings is 1. The molecule has 1 aromatic rings. The van der Waals surface area contributed by atoms with Gasteiger partial charge in [0.1, 0.15) is 5.75 Å². The van der Waals surface area contributed by atoms with E-state index in [-0.39, 0.29) is 0 Å². The molecule has 1 unspecified atom stereocenters. The standard InChI is InChI=1S/C17H27NO/c1-12(2)16-11-15(5-6-17(16)19-4)13(3)14-7-9-18-10-8-14/h5-6,11-14,18H,7-10H2,1-4H3. The number of piperidine rings is 1. The van der Waals surface area contributed by atoms with Crippen LogP contribution >= 0.6 is 0 Å². The Kier molecular flexibility index (Phi) is 4.87. The second-order valence-electron chi connectivity index (χ2n) is 6.03. The van der Waals surface area contributed by atoms with Crippen LogP contribution < -0.4 is 10.1 Å². The normalized spacial score (nSPS) is 18.6. The fourth-order valence-electron chi connectivity index (χ4n) is 3.10. The summed E-state index contributed by atoms with van der Waals surface area (Å²) in [5.74, 6) is 2.99. The average Bonchev–Trinajstić information content (AvgIpc) is 2.46. The van der Waals surface area contributed by atoms with Crippen LogP contribution in [0.15, 0.2) is 18.2 Å². The molecule has 1 aliphatic rings. The first-order valence-corrected chi connectivity index (χ1v) is 7.52. The number of rotatable bonds is 4. The number of methoxy groups -OCH3 is 1. The summed E-state index contributed by atoms with van der Waals surface area (Å²) in [6, 6.07) is 6.75. The Bertz CT molecular complexity index is 408. The molecule has 0 spiro atoms. The van der Waals surface area contributed by atoms with Crippen LogP contribution in [0.3, 0.4) is 0 Å². The molecule has 0 aromatic heterocycles. The van der Waals surface area contributed by atoms with Crippen LogP contribution in [-0.2, 0) is 0 Å². The summed E-state index contributed by atoms with van der Waals surface area (Å²) >= 11 is 0. The minimum atomic E-state index is 0.509. The molecule has 1 aliphatic heterocycles. The van der Waals surface area contributed by atoms with Crippen LogP contribution in [0.25, 0.3) is 0 Å². The topological polar surface area (TPSA) is 21.3 Å². The van der Waals surface area contributed by atoms with Gasteiger partial charge < -0.3 is 10.1 Å². The molecule has 2 nitrogen and oxygen atoms in total. The van der Waals surface area contributed by atoms with Gasteiger partial charge in [0.15, 0.2) is 0 Å². The summed E-state index contributed by atoms with van der Waals surface area (Å²) in [6.07, 6.45) is 2.59. The van der Waals surface area contributed by atoms with Gasteiger partial charge in [0, 0.05) is 0 Å². The molecule has 19 heavy (non-hydrogen) atoms. The van der Waals surface area contributed by atoms with Gasteiger partial charge in [-0.3, -0.25) is 0 Å². The van der Waals surface area contributed by atoms with Gasteiger partial charge in [-0.05, 0) is 60.9 Å². The van der Waals surface area contributed by atoms with E-state index in [0.29, 0.717) is 11.8 Å². The first kappa shape index (κ1) is 14.4. The van der Waals surface area contributed by atoms with Crippen LogP contribution in [0.1, 0.15) is 56.6 Å². The van der Waals surface area contributed by atoms with E-state index in [1.54, 1.807) is 7.11 Å². The zero-order valence-corrected chi connectivity index (χ0v) is 12.7. The number of hydrogen-bond acceptors (Lipinski definition) is 2. The highest BCUT2D eigenvalue weighted by molar-refractivity contribution is 5.40. The molecule has 2 heteroatoms. The number of ether oxygens (including phenoxy) is 1. The maximum absolute atomic E-state index is 5.48. The summed E-state index contributed by atoms with van der Waals surface area (Å²) in [5, 5.41) is 3.45. The first-order chi connectivity index (χ1) is 9.13. The van der Waals surface area contributed by atoms with Crippen LogP contribution in [0.5, 0.6) is 5.75 Å². The van der Waals surface area contributed by atoms with Gasteiger partial charge in [-0.1, -0.05) is 32.9 Å². The highest BCUT2D eigenvalue weighted by atomic mass is 16.5. The van der Waals surface area contributed by atoms with Crippen molar-refractivity contribution in [1.82, 2.24) is 5.32 Å². The second-order valence-corrected chi connectivity index (χ2v) is 6.03. The smallest absolute Gasteiger partial charge is 0.122 e. The van der Waals surface area contributed by atoms with Crippen LogP contribution in [0, 0.1) is 5.92 Å². The van der Waals surface area contributed by atoms with Gasteiger partial charge in [-0.2, -0.15) is 0 Å². The highest BCUT2D eigenvalue weighted by Gasteiger charge is 2.22. The molecular formula is C17H27NO. The molecule has 0 aliphatic carbocycles. The average molecular weight is 261 g/mol. The molecular weight excluding hydrogens is 234 g/mol. The summed E-state index contributed by atoms with van der Waals surface area (Å²) < 4.78 is 5.48. The Labute approximate surface area is 117 Å². The number of nitrogens with one attached hydrogen (secondary N) is 1. The molecule has 0 bridgehead atoms. The van der Waals surface area contributed by atoms with Crippen LogP contribution in [0.2, 0.25) is 0 Å². The third kappa shape index (κ3) is 3.30. The Balaban J connectivity index is 2.21. The lowest BCUT2D eigenvalue weighted by Gasteiger charge is -2.29. The lowest BCUT2D eigenvalue weighted by molar-refractivity contribution is 0.330. The predicted molar refractivity (Wildman–Crippen MR) is 81.1 cm³/mol. The first-order valence-electron chi connectivity index (χ1n) is 7.52. The molecule has 1 fully saturated rings. The van der Waals surface area contributed by atoms with E-state index in [0.717, 1.165) is 11.7 Å². The Morgan fingerprint density at radius 3 is 2.42 bits per heavy atom. The van der Waals surface area contributed by atoms with Gasteiger partial charge >= 0.3 is 0 Å². The molecule has 1 aromatic carbocycles. The van der Waals surface area contributed by atoms with Crippen molar-refractivity contribution < 1.29 is 4.74 Å². The van der Waals surface area contributed by atoms with Crippen molar-refractivity contribution >= 4 is 0 Å². The van der Waals surface area contributed by atoms with E-state index in [4.69, 9.17) is 4.74 Å². The van der Waals surface area contributed by atoms with Gasteiger partial charge in [0.2, 0.25) is 0 Å². The van der Waals surface area contributed by atoms with Crippen molar-refractivity contribution in [3.05, 3.63) is 29.3 Å². The Morgan fingerprint density at radius 2 is 1.84 bits per heavy atom. The van der Waals surface area contributed by atoms with Crippen molar-refractivity contribution in [2.24, 2.45) is 5.92 Å². The molecule has 1 N–H and O–H groups in total. The largest absolute Gasteiger partial charge is 0.496 e. The van der Waals surface area contributed by atoms with Crippen LogP contribution in [-0.4, -0.2) is 20.2 Å². The van der Waals surface area contributed by atoms with Gasteiger partial charge in [-0.15, -0.1) is 0 Å². The summed E-state index contributed by atoms with van der Waals surface area (Å²) in [6.45, 7) is 9.18. The maximum Gasteiger partial charge on any atom is 0.122 e. The Hall–Kier alpha value is -1.02. The molecule has 2 rings (SSSR count). The van der Waals surface area contributed by atoms with Crippen molar-refractivity contribution in [3.63, 3.8) is 0 Å². The fraction of sp³-hybridized carbons (Fsp3) is 0.647. The van der Waals surface area contributed by atoms with Crippen molar-refractivity contribution in [2.75, 3.05) is 20.2 Å². The highest BCUT2D eigenvalue weighted by Crippen LogP contribution is 2.35. The maximum atomic E-state index is 5.48. The van der Waals surface area contributed by atoms with Gasteiger partial charge in [0.25, 0.3) is 0 Å². The molecule has 1 saturated heterocycles. The SMILES string of the molecule is COc1ccc(C(C)C2CCNCC2)cc1C(C)C. The minimum Gasteiger partial charge on any atom is -0.496 e. The van der Waals surface area contributed by atoms with E-state index < -0.39 is 0 Å². The predicted octanol–water partition coefficient (Wildman–Crippen LogP) is 3.92. The van der Waals surface area contributed by atoms with Crippen LogP contribution in [0.4, 0.5) is 0 Å². The quantitative estimate of drug-likeness (QED) is 0.887. The van der Waals surface area contributed by atoms with E-state index in [1.165, 1.54) is 37.1 Å². The van der Waals surface area contributed by atoms with E-state index >= 15 is 0 Å². The lowest BCUT2D eigenvalue weighted by atomic mass is 9.81. The molecule has 1 atom stereocenters. The van der Waals surface area contributed by atoms with Gasteiger partial charge in [0.05, 0.1) is 7.11 Å². The zero-order chi connectivity index (χ0) is 13.8. The molecule has 0 radical (unpaired) electrons. The minimum absolute atomic E-state index is 0.509. The van der Waals surface area contributed by atoms with E-state index in [1.807, 2.05) is 0 Å². The third-order valence-corrected chi connectivity index (χ3v) is 4.49. The summed E-state index contributed by atoms with van der Waals surface area (Å²) in [7, 11) is 1.76. The fourth-order valence-corrected chi connectivity index (χ4v) is 3.10.